The van der Waals surface area contributed by atoms with E-state index < -0.39 is 0 Å². The molecular weight excluding hydrogens is 440 g/mol. The topological polar surface area (TPSA) is 38.9 Å². The molecule has 0 aliphatic heterocycles. The lowest BCUT2D eigenvalue weighted by Gasteiger charge is -2.08. The Kier molecular flexibility index (Phi) is 5.17. The first-order valence-electron chi connectivity index (χ1n) is 11.0. The second kappa shape index (κ2) is 8.62. The molecule has 0 amide bonds. The minimum absolute atomic E-state index is 0.500. The van der Waals surface area contributed by atoms with Crippen LogP contribution < -0.4 is 0 Å². The van der Waals surface area contributed by atoms with Gasteiger partial charge in [0.25, 0.3) is 0 Å². The Bertz CT molecular complexity index is 1590. The molecule has 0 fully saturated rings. The first-order chi connectivity index (χ1) is 16.7. The van der Waals surface area contributed by atoms with E-state index in [1.807, 2.05) is 72.8 Å². The maximum Gasteiger partial charge on any atom is 0.249 e. The molecule has 1 heterocycles. The molecule has 4 heteroatoms. The summed E-state index contributed by atoms with van der Waals surface area (Å²) in [4.78, 5) is 0. The van der Waals surface area contributed by atoms with E-state index in [9.17, 15) is 0 Å². The number of hydrogen-bond acceptors (Lipinski definition) is 3. The van der Waals surface area contributed by atoms with Gasteiger partial charge < -0.3 is 4.42 Å². The summed E-state index contributed by atoms with van der Waals surface area (Å²) in [6.45, 7) is 0. The number of nitrogens with zero attached hydrogens (tertiary/aromatic N) is 2. The highest BCUT2D eigenvalue weighted by Gasteiger charge is 2.16. The minimum atomic E-state index is 0.500. The fourth-order valence-corrected chi connectivity index (χ4v) is 4.31. The summed E-state index contributed by atoms with van der Waals surface area (Å²) in [5, 5.41) is 14.0. The first-order valence-corrected chi connectivity index (χ1v) is 11.4. The van der Waals surface area contributed by atoms with Gasteiger partial charge in [-0.3, -0.25) is 0 Å². The second-order valence-corrected chi connectivity index (χ2v) is 8.55. The Balaban J connectivity index is 1.34. The lowest BCUT2D eigenvalue weighted by molar-refractivity contribution is 0.586. The van der Waals surface area contributed by atoms with Gasteiger partial charge >= 0.3 is 0 Å². The molecular formula is C30H19ClN2O. The molecule has 0 N–H and O–H groups in total. The number of aromatic nitrogens is 2. The summed E-state index contributed by atoms with van der Waals surface area (Å²) >= 11 is 5.96. The molecule has 162 valence electrons. The molecule has 5 aromatic carbocycles. The Hall–Kier alpha value is -4.21. The van der Waals surface area contributed by atoms with Gasteiger partial charge in [-0.05, 0) is 63.0 Å². The molecule has 6 rings (SSSR count). The van der Waals surface area contributed by atoms with Crippen LogP contribution in [0, 0.1) is 0 Å². The van der Waals surface area contributed by atoms with E-state index in [0.29, 0.717) is 11.8 Å². The highest BCUT2D eigenvalue weighted by molar-refractivity contribution is 6.30. The number of halogens is 1. The van der Waals surface area contributed by atoms with Gasteiger partial charge in [0.05, 0.1) is 5.56 Å². The average molecular weight is 459 g/mol. The Morgan fingerprint density at radius 3 is 1.74 bits per heavy atom. The zero-order valence-electron chi connectivity index (χ0n) is 18.2. The second-order valence-electron chi connectivity index (χ2n) is 8.11. The maximum absolute atomic E-state index is 6.20. The standard InChI is InChI=1S/C30H19ClN2O/c31-25-17-13-21(14-18-25)10-9-20-11-15-22(16-12-20)29-32-33-30(34-29)28-26-7-3-1-5-23(26)19-24-6-2-4-8-27(24)28/h1-19H/b10-9+. The third kappa shape index (κ3) is 3.87. The molecule has 0 aliphatic carbocycles. The summed E-state index contributed by atoms with van der Waals surface area (Å²) in [5.74, 6) is 1.02. The van der Waals surface area contributed by atoms with Crippen LogP contribution in [-0.2, 0) is 0 Å². The van der Waals surface area contributed by atoms with Gasteiger partial charge in [0, 0.05) is 10.6 Å². The summed E-state index contributed by atoms with van der Waals surface area (Å²) < 4.78 is 6.20. The molecule has 0 unspecified atom stereocenters. The van der Waals surface area contributed by atoms with Crippen LogP contribution in [0.3, 0.4) is 0 Å². The lowest BCUT2D eigenvalue weighted by Crippen LogP contribution is -1.85. The van der Waals surface area contributed by atoms with Crippen LogP contribution in [0.5, 0.6) is 0 Å². The monoisotopic (exact) mass is 458 g/mol. The highest BCUT2D eigenvalue weighted by atomic mass is 35.5. The van der Waals surface area contributed by atoms with Crippen LogP contribution in [0.1, 0.15) is 11.1 Å². The Morgan fingerprint density at radius 1 is 0.588 bits per heavy atom. The van der Waals surface area contributed by atoms with Crippen LogP contribution in [0.2, 0.25) is 5.02 Å². The molecule has 0 saturated heterocycles. The molecule has 0 atom stereocenters. The quantitative estimate of drug-likeness (QED) is 0.196. The van der Waals surface area contributed by atoms with Crippen molar-refractivity contribution in [1.29, 1.82) is 0 Å². The highest BCUT2D eigenvalue weighted by Crippen LogP contribution is 2.36. The van der Waals surface area contributed by atoms with Crippen LogP contribution >= 0.6 is 11.6 Å². The van der Waals surface area contributed by atoms with Gasteiger partial charge in [0.2, 0.25) is 11.8 Å². The van der Waals surface area contributed by atoms with Gasteiger partial charge in [0.1, 0.15) is 0 Å². The van der Waals surface area contributed by atoms with E-state index in [4.69, 9.17) is 16.0 Å². The van der Waals surface area contributed by atoms with Crippen LogP contribution in [0.25, 0.3) is 56.6 Å². The summed E-state index contributed by atoms with van der Waals surface area (Å²) in [5.41, 5.74) is 4.03. The van der Waals surface area contributed by atoms with E-state index >= 15 is 0 Å². The van der Waals surface area contributed by atoms with E-state index in [1.54, 1.807) is 0 Å². The van der Waals surface area contributed by atoms with Gasteiger partial charge in [-0.2, -0.15) is 0 Å². The van der Waals surface area contributed by atoms with Crippen LogP contribution in [0.4, 0.5) is 0 Å². The van der Waals surface area contributed by atoms with Gasteiger partial charge in [0.15, 0.2) is 0 Å². The zero-order chi connectivity index (χ0) is 22.9. The predicted molar refractivity (Wildman–Crippen MR) is 141 cm³/mol. The fourth-order valence-electron chi connectivity index (χ4n) is 4.19. The van der Waals surface area contributed by atoms with E-state index in [1.165, 1.54) is 0 Å². The fraction of sp³-hybridized carbons (Fsp3) is 0. The molecule has 34 heavy (non-hydrogen) atoms. The number of benzene rings is 5. The molecule has 3 nitrogen and oxygen atoms in total. The van der Waals surface area contributed by atoms with Gasteiger partial charge in [-0.25, -0.2) is 0 Å². The molecule has 0 bridgehead atoms. The van der Waals surface area contributed by atoms with Crippen LogP contribution in [-0.4, -0.2) is 10.2 Å². The SMILES string of the molecule is Clc1ccc(/C=C/c2ccc(-c3nnc(-c4c5ccccc5cc5ccccc45)o3)cc2)cc1. The number of rotatable bonds is 4. The Labute approximate surface area is 202 Å². The molecule has 6 aromatic rings. The molecule has 0 aliphatic rings. The van der Waals surface area contributed by atoms with E-state index in [2.05, 4.69) is 52.7 Å². The third-order valence-electron chi connectivity index (χ3n) is 5.91. The largest absolute Gasteiger partial charge is 0.416 e. The lowest BCUT2D eigenvalue weighted by atomic mass is 9.97. The minimum Gasteiger partial charge on any atom is -0.416 e. The maximum atomic E-state index is 6.20. The number of fused-ring (bicyclic) bond motifs is 2. The average Bonchev–Trinajstić information content (AvgIpc) is 3.37. The van der Waals surface area contributed by atoms with Crippen LogP contribution in [0.15, 0.2) is 108 Å². The summed E-state index contributed by atoms with van der Waals surface area (Å²) in [6.07, 6.45) is 4.12. The van der Waals surface area contributed by atoms with Crippen molar-refractivity contribution in [2.45, 2.75) is 0 Å². The molecule has 1 aromatic heterocycles. The summed E-state index contributed by atoms with van der Waals surface area (Å²) in [6, 6.07) is 34.6. The first kappa shape index (κ1) is 20.4. The molecule has 0 spiro atoms. The van der Waals surface area contributed by atoms with Crippen molar-refractivity contribution in [2.75, 3.05) is 0 Å². The molecule has 0 radical (unpaired) electrons. The van der Waals surface area contributed by atoms with Crippen molar-refractivity contribution in [2.24, 2.45) is 0 Å². The summed E-state index contributed by atoms with van der Waals surface area (Å²) in [7, 11) is 0. The van der Waals surface area contributed by atoms with Crippen molar-refractivity contribution in [3.05, 3.63) is 119 Å². The van der Waals surface area contributed by atoms with Crippen molar-refractivity contribution in [3.8, 4) is 22.9 Å². The molecule has 0 saturated carbocycles. The van der Waals surface area contributed by atoms with Crippen molar-refractivity contribution < 1.29 is 4.42 Å². The van der Waals surface area contributed by atoms with E-state index in [0.717, 1.165) is 48.8 Å². The number of hydrogen-bond donors (Lipinski definition) is 0. The normalized spacial score (nSPS) is 11.6. The third-order valence-corrected chi connectivity index (χ3v) is 6.16. The smallest absolute Gasteiger partial charge is 0.249 e. The van der Waals surface area contributed by atoms with E-state index in [-0.39, 0.29) is 0 Å². The predicted octanol–water partition coefficient (Wildman–Crippen LogP) is 8.53. The van der Waals surface area contributed by atoms with Crippen molar-refractivity contribution in [3.63, 3.8) is 0 Å². The zero-order valence-corrected chi connectivity index (χ0v) is 18.9. The van der Waals surface area contributed by atoms with Gasteiger partial charge in [-0.15, -0.1) is 10.2 Å². The Morgan fingerprint density at radius 2 is 1.12 bits per heavy atom. The van der Waals surface area contributed by atoms with Crippen molar-refractivity contribution in [1.82, 2.24) is 10.2 Å². The van der Waals surface area contributed by atoms with Gasteiger partial charge in [-0.1, -0.05) is 96.5 Å². The van der Waals surface area contributed by atoms with Crippen molar-refractivity contribution >= 4 is 45.3 Å².